The van der Waals surface area contributed by atoms with Crippen LogP contribution in [-0.4, -0.2) is 25.5 Å². The Kier molecular flexibility index (Phi) is 6.73. The molecule has 3 aromatic carbocycles. The van der Waals surface area contributed by atoms with E-state index in [2.05, 4.69) is 10.9 Å². The summed E-state index contributed by atoms with van der Waals surface area (Å²) in [5.41, 5.74) is 7.74. The number of carbonyl (C=O) groups excluding carboxylic acids is 2. The Hall–Kier alpha value is -4.07. The quantitative estimate of drug-likeness (QED) is 0.510. The second kappa shape index (κ2) is 10.0. The number of hydrazine groups is 1. The van der Waals surface area contributed by atoms with Gasteiger partial charge in [0.2, 0.25) is 11.8 Å². The molecule has 2 amide bonds. The molecule has 3 aromatic rings. The van der Waals surface area contributed by atoms with E-state index in [9.17, 15) is 14.0 Å². The van der Waals surface area contributed by atoms with E-state index in [1.54, 1.807) is 35.2 Å². The van der Waals surface area contributed by atoms with Crippen molar-refractivity contribution in [1.82, 2.24) is 5.43 Å². The van der Waals surface area contributed by atoms with Gasteiger partial charge in [0.1, 0.15) is 12.4 Å². The third-order valence-electron chi connectivity index (χ3n) is 5.36. The summed E-state index contributed by atoms with van der Waals surface area (Å²) in [7, 11) is 1.52. The SMILES string of the molecule is COc1cc(NNC(=O)[C@@H]2CC(=O)N(c3ccccc3)C2)ccc1OCc1ccc(F)cc1. The van der Waals surface area contributed by atoms with Crippen LogP contribution in [0.15, 0.2) is 72.8 Å². The Morgan fingerprint density at radius 3 is 2.55 bits per heavy atom. The van der Waals surface area contributed by atoms with Crippen LogP contribution in [0.1, 0.15) is 12.0 Å². The maximum atomic E-state index is 13.0. The fourth-order valence-electron chi connectivity index (χ4n) is 3.58. The Balaban J connectivity index is 1.33. The van der Waals surface area contributed by atoms with Crippen molar-refractivity contribution in [1.29, 1.82) is 0 Å². The van der Waals surface area contributed by atoms with Crippen LogP contribution in [0, 0.1) is 11.7 Å². The van der Waals surface area contributed by atoms with Crippen LogP contribution >= 0.6 is 0 Å². The summed E-state index contributed by atoms with van der Waals surface area (Å²) in [4.78, 5) is 26.6. The zero-order valence-electron chi connectivity index (χ0n) is 18.1. The highest BCUT2D eigenvalue weighted by Gasteiger charge is 2.35. The van der Waals surface area contributed by atoms with E-state index < -0.39 is 5.92 Å². The van der Waals surface area contributed by atoms with Crippen LogP contribution in [0.25, 0.3) is 0 Å². The van der Waals surface area contributed by atoms with Gasteiger partial charge in [-0.05, 0) is 42.0 Å². The van der Waals surface area contributed by atoms with Crippen LogP contribution in [-0.2, 0) is 16.2 Å². The number of nitrogens with one attached hydrogen (secondary N) is 2. The number of amides is 2. The largest absolute Gasteiger partial charge is 0.493 e. The van der Waals surface area contributed by atoms with E-state index >= 15 is 0 Å². The van der Waals surface area contributed by atoms with E-state index in [0.717, 1.165) is 11.3 Å². The standard InChI is InChI=1S/C25H24FN3O4/c1-32-23-14-20(11-12-22(23)33-16-17-7-9-19(26)10-8-17)27-28-25(31)18-13-24(30)29(15-18)21-5-3-2-4-6-21/h2-12,14,18,27H,13,15-16H2,1H3,(H,28,31)/t18-/m1/s1. The molecule has 0 saturated carbocycles. The Bertz CT molecular complexity index is 1120. The number of ether oxygens (including phenoxy) is 2. The van der Waals surface area contributed by atoms with Crippen LogP contribution in [0.2, 0.25) is 0 Å². The van der Waals surface area contributed by atoms with E-state index in [-0.39, 0.29) is 30.7 Å². The summed E-state index contributed by atoms with van der Waals surface area (Å²) in [6, 6.07) is 20.5. The second-order valence-corrected chi connectivity index (χ2v) is 7.64. The highest BCUT2D eigenvalue weighted by molar-refractivity contribution is 6.00. The maximum Gasteiger partial charge on any atom is 0.243 e. The zero-order chi connectivity index (χ0) is 23.2. The first-order valence-electron chi connectivity index (χ1n) is 10.5. The van der Waals surface area contributed by atoms with Crippen molar-refractivity contribution in [3.63, 3.8) is 0 Å². The predicted molar refractivity (Wildman–Crippen MR) is 122 cm³/mol. The van der Waals surface area contributed by atoms with Gasteiger partial charge in [0.05, 0.1) is 18.7 Å². The van der Waals surface area contributed by atoms with E-state index in [1.807, 2.05) is 30.3 Å². The summed E-state index contributed by atoms with van der Waals surface area (Å²) in [5, 5.41) is 0. The second-order valence-electron chi connectivity index (χ2n) is 7.64. The summed E-state index contributed by atoms with van der Waals surface area (Å²) in [6.07, 6.45) is 0.155. The van der Waals surface area contributed by atoms with Crippen molar-refractivity contribution >= 4 is 23.2 Å². The highest BCUT2D eigenvalue weighted by atomic mass is 19.1. The van der Waals surface area contributed by atoms with Crippen molar-refractivity contribution in [3.05, 3.63) is 84.2 Å². The van der Waals surface area contributed by atoms with Gasteiger partial charge in [-0.15, -0.1) is 0 Å². The molecule has 0 unspecified atom stereocenters. The molecule has 0 spiro atoms. The van der Waals surface area contributed by atoms with Crippen LogP contribution in [0.4, 0.5) is 15.8 Å². The fraction of sp³-hybridized carbons (Fsp3) is 0.200. The predicted octanol–water partition coefficient (Wildman–Crippen LogP) is 3.91. The molecular weight excluding hydrogens is 425 g/mol. The number of para-hydroxylation sites is 1. The fourth-order valence-corrected chi connectivity index (χ4v) is 3.58. The first-order chi connectivity index (χ1) is 16.0. The molecule has 8 heteroatoms. The number of anilines is 2. The minimum atomic E-state index is -0.453. The lowest BCUT2D eigenvalue weighted by molar-refractivity contribution is -0.125. The van der Waals surface area contributed by atoms with Gasteiger partial charge < -0.3 is 14.4 Å². The van der Waals surface area contributed by atoms with Crippen LogP contribution in [0.5, 0.6) is 11.5 Å². The normalized spacial score (nSPS) is 15.3. The van der Waals surface area contributed by atoms with Crippen molar-refractivity contribution in [2.75, 3.05) is 24.0 Å². The topological polar surface area (TPSA) is 79.9 Å². The summed E-state index contributed by atoms with van der Waals surface area (Å²) in [5.74, 6) is -0.113. The molecule has 0 aromatic heterocycles. The number of hydrogen-bond donors (Lipinski definition) is 2. The van der Waals surface area contributed by atoms with Crippen molar-refractivity contribution < 1.29 is 23.5 Å². The third-order valence-corrected chi connectivity index (χ3v) is 5.36. The van der Waals surface area contributed by atoms with Crippen molar-refractivity contribution in [2.24, 2.45) is 5.92 Å². The molecule has 4 rings (SSSR count). The number of benzene rings is 3. The first-order valence-corrected chi connectivity index (χ1v) is 10.5. The minimum Gasteiger partial charge on any atom is -0.493 e. The number of halogens is 1. The number of methoxy groups -OCH3 is 1. The van der Waals surface area contributed by atoms with Gasteiger partial charge in [-0.25, -0.2) is 4.39 Å². The van der Waals surface area contributed by atoms with E-state index in [0.29, 0.717) is 23.7 Å². The van der Waals surface area contributed by atoms with Crippen LogP contribution < -0.4 is 25.2 Å². The van der Waals surface area contributed by atoms with Gasteiger partial charge in [0.15, 0.2) is 11.5 Å². The molecule has 0 radical (unpaired) electrons. The van der Waals surface area contributed by atoms with Gasteiger partial charge >= 0.3 is 0 Å². The lowest BCUT2D eigenvalue weighted by Gasteiger charge is -2.17. The minimum absolute atomic E-state index is 0.0781. The van der Waals surface area contributed by atoms with Crippen LogP contribution in [0.3, 0.4) is 0 Å². The third kappa shape index (κ3) is 5.41. The molecule has 33 heavy (non-hydrogen) atoms. The average Bonchev–Trinajstić information content (AvgIpc) is 3.24. The lowest BCUT2D eigenvalue weighted by Crippen LogP contribution is -2.36. The molecule has 1 fully saturated rings. The molecule has 1 aliphatic rings. The van der Waals surface area contributed by atoms with Crippen molar-refractivity contribution in [3.8, 4) is 11.5 Å². The maximum absolute atomic E-state index is 13.0. The van der Waals surface area contributed by atoms with Gasteiger partial charge in [0, 0.05) is 24.7 Å². The molecule has 7 nitrogen and oxygen atoms in total. The zero-order valence-corrected chi connectivity index (χ0v) is 18.1. The lowest BCUT2D eigenvalue weighted by atomic mass is 10.1. The smallest absolute Gasteiger partial charge is 0.243 e. The average molecular weight is 449 g/mol. The molecule has 170 valence electrons. The number of nitrogens with zero attached hydrogens (tertiary/aromatic N) is 1. The highest BCUT2D eigenvalue weighted by Crippen LogP contribution is 2.31. The monoisotopic (exact) mass is 449 g/mol. The van der Waals surface area contributed by atoms with Crippen molar-refractivity contribution in [2.45, 2.75) is 13.0 Å². The molecule has 1 aliphatic heterocycles. The Labute approximate surface area is 191 Å². The van der Waals surface area contributed by atoms with Gasteiger partial charge in [-0.1, -0.05) is 30.3 Å². The molecule has 1 heterocycles. The molecule has 0 aliphatic carbocycles. The molecular formula is C25H24FN3O4. The number of hydrogen-bond acceptors (Lipinski definition) is 5. The Morgan fingerprint density at radius 2 is 1.82 bits per heavy atom. The summed E-state index contributed by atoms with van der Waals surface area (Å²) < 4.78 is 24.2. The Morgan fingerprint density at radius 1 is 1.06 bits per heavy atom. The number of rotatable bonds is 8. The van der Waals surface area contributed by atoms with Gasteiger partial charge in [-0.2, -0.15) is 0 Å². The molecule has 1 atom stereocenters. The van der Waals surface area contributed by atoms with Gasteiger partial charge in [0.25, 0.3) is 0 Å². The summed E-state index contributed by atoms with van der Waals surface area (Å²) in [6.45, 7) is 0.587. The summed E-state index contributed by atoms with van der Waals surface area (Å²) >= 11 is 0. The molecule has 1 saturated heterocycles. The first kappa shape index (κ1) is 22.1. The van der Waals surface area contributed by atoms with Gasteiger partial charge in [-0.3, -0.25) is 20.4 Å². The van der Waals surface area contributed by atoms with E-state index in [1.165, 1.54) is 19.2 Å². The molecule has 0 bridgehead atoms. The number of carbonyl (C=O) groups is 2. The molecule has 2 N–H and O–H groups in total. The van der Waals surface area contributed by atoms with E-state index in [4.69, 9.17) is 9.47 Å².